The van der Waals surface area contributed by atoms with E-state index in [1.165, 1.54) is 47.9 Å². The molecular weight excluding hydrogens is 422 g/mol. The molecule has 0 saturated carbocycles. The highest BCUT2D eigenvalue weighted by atomic mass is 19.1. The number of fused-ring (bicyclic) bond motifs is 1. The second-order valence-corrected chi connectivity index (χ2v) is 6.88. The lowest BCUT2D eigenvalue weighted by atomic mass is 10.3. The van der Waals surface area contributed by atoms with Gasteiger partial charge in [-0.3, -0.25) is 4.79 Å². The number of nitrogens with one attached hydrogen (secondary N) is 2. The fourth-order valence-corrected chi connectivity index (χ4v) is 3.08. The molecule has 4 aromatic rings. The lowest BCUT2D eigenvalue weighted by molar-refractivity contribution is -0.117. The van der Waals surface area contributed by atoms with E-state index < -0.39 is 29.8 Å². The lowest BCUT2D eigenvalue weighted by Crippen LogP contribution is -2.29. The van der Waals surface area contributed by atoms with Gasteiger partial charge in [-0.05, 0) is 43.3 Å². The summed E-state index contributed by atoms with van der Waals surface area (Å²) in [5.74, 6) is -1.39. The minimum Gasteiger partial charge on any atom is -0.494 e. The average Bonchev–Trinajstić information content (AvgIpc) is 3.04. The second kappa shape index (κ2) is 8.46. The van der Waals surface area contributed by atoms with Gasteiger partial charge >= 0.3 is 5.69 Å². The molecule has 0 radical (unpaired) electrons. The van der Waals surface area contributed by atoms with Crippen molar-refractivity contribution in [1.82, 2.24) is 19.2 Å². The Morgan fingerprint density at radius 2 is 1.81 bits per heavy atom. The molecule has 4 rings (SSSR count). The number of amides is 1. The first kappa shape index (κ1) is 21.0. The average molecular weight is 440 g/mol. The summed E-state index contributed by atoms with van der Waals surface area (Å²) in [7, 11) is 1.34. The first-order chi connectivity index (χ1) is 15.3. The summed E-state index contributed by atoms with van der Waals surface area (Å²) in [4.78, 5) is 29.6. The van der Waals surface area contributed by atoms with E-state index in [9.17, 15) is 18.4 Å². The van der Waals surface area contributed by atoms with Crippen LogP contribution in [-0.2, 0) is 11.3 Å². The van der Waals surface area contributed by atoms with Crippen LogP contribution in [-0.4, -0.2) is 32.2 Å². The van der Waals surface area contributed by atoms with Crippen LogP contribution >= 0.6 is 0 Å². The highest BCUT2D eigenvalue weighted by molar-refractivity contribution is 5.90. The van der Waals surface area contributed by atoms with Crippen LogP contribution in [0.15, 0.2) is 53.3 Å². The summed E-state index contributed by atoms with van der Waals surface area (Å²) in [6.07, 6.45) is 0. The van der Waals surface area contributed by atoms with Crippen molar-refractivity contribution in [3.63, 3.8) is 0 Å². The maximum Gasteiger partial charge on any atom is 0.353 e. The van der Waals surface area contributed by atoms with Crippen molar-refractivity contribution in [1.29, 1.82) is 0 Å². The Balaban J connectivity index is 1.60. The number of aromatic nitrogens is 4. The van der Waals surface area contributed by atoms with Crippen molar-refractivity contribution in [2.45, 2.75) is 13.5 Å². The number of hydrogen-bond acceptors (Lipinski definition) is 6. The maximum atomic E-state index is 13.8. The Hall–Kier alpha value is -4.28. The molecule has 2 aromatic carbocycles. The van der Waals surface area contributed by atoms with Crippen LogP contribution in [0.1, 0.15) is 5.69 Å². The molecule has 11 heteroatoms. The summed E-state index contributed by atoms with van der Waals surface area (Å²) >= 11 is 0. The molecule has 0 unspecified atom stereocenters. The van der Waals surface area contributed by atoms with Crippen molar-refractivity contribution in [3.05, 3.63) is 76.3 Å². The zero-order chi connectivity index (χ0) is 22.8. The third-order valence-corrected chi connectivity index (χ3v) is 4.53. The fourth-order valence-electron chi connectivity index (χ4n) is 3.08. The first-order valence-corrected chi connectivity index (χ1v) is 9.47. The quantitative estimate of drug-likeness (QED) is 0.478. The minimum absolute atomic E-state index is 0.0450. The Morgan fingerprint density at radius 3 is 2.50 bits per heavy atom. The zero-order valence-corrected chi connectivity index (χ0v) is 17.1. The highest BCUT2D eigenvalue weighted by Crippen LogP contribution is 2.20. The van der Waals surface area contributed by atoms with Crippen LogP contribution in [0.5, 0.6) is 5.75 Å². The van der Waals surface area contributed by atoms with Gasteiger partial charge in [0.1, 0.15) is 12.4 Å². The van der Waals surface area contributed by atoms with Crippen LogP contribution < -0.4 is 21.1 Å². The molecule has 0 saturated heterocycles. The number of rotatable bonds is 6. The molecular formula is C21H18F2N6O3. The molecule has 0 atom stereocenters. The molecule has 0 aliphatic rings. The molecule has 0 spiro atoms. The number of benzene rings is 2. The summed E-state index contributed by atoms with van der Waals surface area (Å²) in [6.45, 7) is 1.33. The molecule has 0 fully saturated rings. The van der Waals surface area contributed by atoms with Crippen LogP contribution in [0.3, 0.4) is 0 Å². The SMILES string of the molecule is COc1ccc(NC(=O)Cn2nc3cc(C)nc(Nc4ccc(F)cc4)n3c2=O)cc1F. The Kier molecular flexibility index (Phi) is 5.54. The number of carbonyl (C=O) groups is 1. The molecule has 164 valence electrons. The molecule has 0 aliphatic heterocycles. The number of methoxy groups -OCH3 is 1. The van der Waals surface area contributed by atoms with Gasteiger partial charge in [0, 0.05) is 29.2 Å². The van der Waals surface area contributed by atoms with Gasteiger partial charge in [-0.1, -0.05) is 0 Å². The van der Waals surface area contributed by atoms with E-state index >= 15 is 0 Å². The first-order valence-electron chi connectivity index (χ1n) is 9.47. The number of carbonyl (C=O) groups excluding carboxylic acids is 1. The Bertz CT molecular complexity index is 1360. The number of halogens is 2. The highest BCUT2D eigenvalue weighted by Gasteiger charge is 2.16. The van der Waals surface area contributed by atoms with Crippen LogP contribution in [0.4, 0.5) is 26.1 Å². The normalized spacial score (nSPS) is 10.9. The minimum atomic E-state index is -0.631. The molecule has 0 bridgehead atoms. The van der Waals surface area contributed by atoms with Gasteiger partial charge in [0.05, 0.1) is 7.11 Å². The molecule has 9 nitrogen and oxygen atoms in total. The smallest absolute Gasteiger partial charge is 0.353 e. The van der Waals surface area contributed by atoms with E-state index in [-0.39, 0.29) is 23.0 Å². The van der Waals surface area contributed by atoms with E-state index in [4.69, 9.17) is 4.74 Å². The van der Waals surface area contributed by atoms with Gasteiger partial charge in [-0.25, -0.2) is 27.6 Å². The molecule has 2 aromatic heterocycles. The Morgan fingerprint density at radius 1 is 1.09 bits per heavy atom. The van der Waals surface area contributed by atoms with Gasteiger partial charge in [0.2, 0.25) is 11.9 Å². The van der Waals surface area contributed by atoms with Gasteiger partial charge in [0.15, 0.2) is 17.2 Å². The van der Waals surface area contributed by atoms with Gasteiger partial charge < -0.3 is 15.4 Å². The van der Waals surface area contributed by atoms with Gasteiger partial charge in [0.25, 0.3) is 0 Å². The number of nitrogens with zero attached hydrogens (tertiary/aromatic N) is 4. The second-order valence-electron chi connectivity index (χ2n) is 6.88. The molecule has 2 heterocycles. The lowest BCUT2D eigenvalue weighted by Gasteiger charge is -2.08. The van der Waals surface area contributed by atoms with E-state index in [2.05, 4.69) is 20.7 Å². The molecule has 2 N–H and O–H groups in total. The van der Waals surface area contributed by atoms with Crippen molar-refractivity contribution < 1.29 is 18.3 Å². The van der Waals surface area contributed by atoms with Crippen molar-refractivity contribution in [2.24, 2.45) is 0 Å². The van der Waals surface area contributed by atoms with E-state index in [0.717, 1.165) is 10.7 Å². The molecule has 1 amide bonds. The summed E-state index contributed by atoms with van der Waals surface area (Å²) in [5.41, 5.74) is 0.979. The third-order valence-electron chi connectivity index (χ3n) is 4.53. The number of hydrogen-bond donors (Lipinski definition) is 2. The van der Waals surface area contributed by atoms with E-state index in [1.807, 2.05) is 0 Å². The standard InChI is InChI=1S/C21H18F2N6O3/c1-12-9-18-27-28(11-19(30)25-15-7-8-17(32-2)16(23)10-15)21(31)29(18)20(24-12)26-14-5-3-13(22)4-6-14/h3-10H,11H2,1-2H3,(H,24,26)(H,25,30). The maximum absolute atomic E-state index is 13.8. The number of ether oxygens (including phenoxy) is 1. The molecule has 0 aliphatic carbocycles. The van der Waals surface area contributed by atoms with Crippen LogP contribution in [0, 0.1) is 18.6 Å². The van der Waals surface area contributed by atoms with Crippen LogP contribution in [0.2, 0.25) is 0 Å². The van der Waals surface area contributed by atoms with Crippen LogP contribution in [0.25, 0.3) is 5.65 Å². The predicted molar refractivity (Wildman–Crippen MR) is 113 cm³/mol. The monoisotopic (exact) mass is 440 g/mol. The van der Waals surface area contributed by atoms with E-state index in [1.54, 1.807) is 13.0 Å². The third kappa shape index (κ3) is 4.26. The Labute approximate surface area is 180 Å². The summed E-state index contributed by atoms with van der Waals surface area (Å²) in [6, 6.07) is 11.1. The van der Waals surface area contributed by atoms with Crippen molar-refractivity contribution in [2.75, 3.05) is 17.7 Å². The molecule has 32 heavy (non-hydrogen) atoms. The summed E-state index contributed by atoms with van der Waals surface area (Å²) < 4.78 is 34.0. The predicted octanol–water partition coefficient (Wildman–Crippen LogP) is 2.87. The van der Waals surface area contributed by atoms with Gasteiger partial charge in [-0.15, -0.1) is 5.10 Å². The number of anilines is 3. The zero-order valence-electron chi connectivity index (χ0n) is 17.1. The largest absolute Gasteiger partial charge is 0.494 e. The topological polar surface area (TPSA) is 103 Å². The number of aryl methyl sites for hydroxylation is 1. The van der Waals surface area contributed by atoms with Crippen molar-refractivity contribution in [3.8, 4) is 5.75 Å². The fraction of sp³-hybridized carbons (Fsp3) is 0.143. The van der Waals surface area contributed by atoms with Crippen molar-refractivity contribution >= 4 is 28.9 Å². The van der Waals surface area contributed by atoms with Gasteiger partial charge in [-0.2, -0.15) is 0 Å². The van der Waals surface area contributed by atoms with E-state index in [0.29, 0.717) is 11.4 Å². The summed E-state index contributed by atoms with van der Waals surface area (Å²) in [5, 5.41) is 9.66.